The minimum atomic E-state index is -0.556. The zero-order valence-corrected chi connectivity index (χ0v) is 19.2. The van der Waals surface area contributed by atoms with Gasteiger partial charge < -0.3 is 10.2 Å². The van der Waals surface area contributed by atoms with Gasteiger partial charge in [-0.1, -0.05) is 66.0 Å². The van der Waals surface area contributed by atoms with Crippen LogP contribution in [0.1, 0.15) is 30.0 Å². The second kappa shape index (κ2) is 11.5. The molecule has 0 saturated carbocycles. The quantitative estimate of drug-likeness (QED) is 0.576. The van der Waals surface area contributed by atoms with E-state index in [0.717, 1.165) is 11.3 Å². The largest absolute Gasteiger partial charge is 0.357 e. The minimum Gasteiger partial charge on any atom is -0.357 e. The molecule has 1 N–H and O–H groups in total. The fraction of sp³-hybridized carbons (Fsp3) is 0.364. The number of benzene rings is 2. The number of carbonyl (C=O) groups excluding carboxylic acids is 2. The number of hydrogen-bond donors (Lipinski definition) is 1. The predicted octanol–water partition coefficient (Wildman–Crippen LogP) is 5.09. The molecule has 0 aliphatic carbocycles. The van der Waals surface area contributed by atoms with E-state index in [1.165, 1.54) is 22.9 Å². The second-order valence-corrected chi connectivity index (χ2v) is 8.60. The van der Waals surface area contributed by atoms with E-state index in [9.17, 15) is 9.59 Å². The van der Waals surface area contributed by atoms with Crippen LogP contribution >= 0.6 is 35.0 Å². The first-order valence-electron chi connectivity index (χ1n) is 9.44. The molecule has 0 aromatic heterocycles. The molecule has 156 valence electrons. The highest BCUT2D eigenvalue weighted by Gasteiger charge is 2.28. The summed E-state index contributed by atoms with van der Waals surface area (Å²) in [4.78, 5) is 27.0. The third-order valence-electron chi connectivity index (χ3n) is 4.60. The number of nitrogens with zero attached hydrogens (tertiary/aromatic N) is 1. The van der Waals surface area contributed by atoms with Crippen LogP contribution in [-0.4, -0.2) is 35.6 Å². The van der Waals surface area contributed by atoms with Crippen molar-refractivity contribution in [2.24, 2.45) is 0 Å². The summed E-state index contributed by atoms with van der Waals surface area (Å²) >= 11 is 13.8. The average Bonchev–Trinajstić information content (AvgIpc) is 2.70. The molecule has 1 atom stereocenters. The molecular weight excluding hydrogens is 427 g/mol. The van der Waals surface area contributed by atoms with Crippen LogP contribution in [0.4, 0.5) is 0 Å². The van der Waals surface area contributed by atoms with Crippen LogP contribution in [0.5, 0.6) is 0 Å². The Hall–Kier alpha value is -1.69. The lowest BCUT2D eigenvalue weighted by Gasteiger charge is -2.30. The molecule has 0 radical (unpaired) electrons. The first-order valence-corrected chi connectivity index (χ1v) is 11.3. The zero-order chi connectivity index (χ0) is 21.4. The maximum absolute atomic E-state index is 13.0. The van der Waals surface area contributed by atoms with E-state index in [2.05, 4.69) is 29.6 Å². The van der Waals surface area contributed by atoms with Gasteiger partial charge in [-0.2, -0.15) is 0 Å². The second-order valence-electron chi connectivity index (χ2n) is 6.77. The summed E-state index contributed by atoms with van der Waals surface area (Å²) in [5, 5.41) is 3.67. The lowest BCUT2D eigenvalue weighted by atomic mass is 10.1. The van der Waals surface area contributed by atoms with Crippen LogP contribution in [-0.2, 0) is 21.9 Å². The normalized spacial score (nSPS) is 11.8. The van der Waals surface area contributed by atoms with Gasteiger partial charge in [0.2, 0.25) is 11.8 Å². The van der Waals surface area contributed by atoms with Gasteiger partial charge in [-0.15, -0.1) is 11.8 Å². The molecule has 0 fully saturated rings. The lowest BCUT2D eigenvalue weighted by molar-refractivity contribution is -0.139. The Labute approximate surface area is 187 Å². The first-order chi connectivity index (χ1) is 13.8. The molecule has 0 saturated heterocycles. The molecule has 0 unspecified atom stereocenters. The number of likely N-dealkylation sites (N-methyl/N-ethyl adjacent to an activating group) is 1. The molecule has 0 spiro atoms. The molecule has 2 rings (SSSR count). The third kappa shape index (κ3) is 6.95. The van der Waals surface area contributed by atoms with Crippen molar-refractivity contribution in [3.63, 3.8) is 0 Å². The minimum absolute atomic E-state index is 0.0939. The van der Waals surface area contributed by atoms with E-state index in [4.69, 9.17) is 23.2 Å². The topological polar surface area (TPSA) is 49.4 Å². The van der Waals surface area contributed by atoms with Crippen LogP contribution in [0.2, 0.25) is 10.0 Å². The average molecular weight is 453 g/mol. The summed E-state index contributed by atoms with van der Waals surface area (Å²) in [7, 11) is 1.58. The summed E-state index contributed by atoms with van der Waals surface area (Å²) in [6.45, 7) is 4.19. The van der Waals surface area contributed by atoms with Crippen LogP contribution in [0, 0.1) is 6.92 Å². The summed E-state index contributed by atoms with van der Waals surface area (Å²) in [5.74, 6) is 0.739. The summed E-state index contributed by atoms with van der Waals surface area (Å²) in [6, 6.07) is 12.9. The number of halogens is 2. The molecule has 2 aromatic carbocycles. The zero-order valence-electron chi connectivity index (χ0n) is 16.9. The summed E-state index contributed by atoms with van der Waals surface area (Å²) in [5.41, 5.74) is 3.13. The Morgan fingerprint density at radius 3 is 2.41 bits per heavy atom. The smallest absolute Gasteiger partial charge is 0.242 e. The van der Waals surface area contributed by atoms with Gasteiger partial charge in [-0.25, -0.2) is 0 Å². The molecule has 2 amide bonds. The molecular formula is C22H26Cl2N2O2S. The number of carbonyl (C=O) groups is 2. The van der Waals surface area contributed by atoms with Crippen molar-refractivity contribution in [2.75, 3.05) is 12.8 Å². The number of nitrogens with one attached hydrogen (secondary N) is 1. The number of aryl methyl sites for hydroxylation is 1. The Bertz CT molecular complexity index is 843. The van der Waals surface area contributed by atoms with Crippen LogP contribution < -0.4 is 5.32 Å². The van der Waals surface area contributed by atoms with E-state index in [0.29, 0.717) is 16.5 Å². The predicted molar refractivity (Wildman–Crippen MR) is 122 cm³/mol. The van der Waals surface area contributed by atoms with Gasteiger partial charge in [-0.3, -0.25) is 9.59 Å². The van der Waals surface area contributed by atoms with Gasteiger partial charge >= 0.3 is 0 Å². The fourth-order valence-electron chi connectivity index (χ4n) is 2.94. The fourth-order valence-corrected chi connectivity index (χ4v) is 4.28. The molecule has 0 heterocycles. The van der Waals surface area contributed by atoms with Crippen LogP contribution in [0.3, 0.4) is 0 Å². The third-order valence-corrected chi connectivity index (χ3v) is 6.18. The molecule has 0 bridgehead atoms. The van der Waals surface area contributed by atoms with Gasteiger partial charge in [0, 0.05) is 29.4 Å². The Morgan fingerprint density at radius 1 is 1.14 bits per heavy atom. The van der Waals surface area contributed by atoms with E-state index in [1.54, 1.807) is 30.1 Å². The van der Waals surface area contributed by atoms with Crippen LogP contribution in [0.15, 0.2) is 42.5 Å². The van der Waals surface area contributed by atoms with Crippen molar-refractivity contribution in [1.29, 1.82) is 0 Å². The van der Waals surface area contributed by atoms with Crippen molar-refractivity contribution in [1.82, 2.24) is 10.2 Å². The molecule has 4 nitrogen and oxygen atoms in total. The van der Waals surface area contributed by atoms with E-state index >= 15 is 0 Å². The van der Waals surface area contributed by atoms with Gasteiger partial charge in [0.15, 0.2) is 0 Å². The molecule has 29 heavy (non-hydrogen) atoms. The Kier molecular flexibility index (Phi) is 9.34. The van der Waals surface area contributed by atoms with Crippen LogP contribution in [0.25, 0.3) is 0 Å². The van der Waals surface area contributed by atoms with Crippen molar-refractivity contribution < 1.29 is 9.59 Å². The SMILES string of the molecule is CC[C@@H](C(=O)NC)N(Cc1ccc(Cl)cc1Cl)C(=O)CSCc1ccc(C)cc1. The number of thioether (sulfide) groups is 1. The number of amides is 2. The molecule has 0 aliphatic rings. The number of rotatable bonds is 9. The summed E-state index contributed by atoms with van der Waals surface area (Å²) in [6.07, 6.45) is 0.513. The lowest BCUT2D eigenvalue weighted by Crippen LogP contribution is -2.48. The van der Waals surface area contributed by atoms with Gasteiger partial charge in [0.25, 0.3) is 0 Å². The first kappa shape index (κ1) is 23.6. The Balaban J connectivity index is 2.13. The Morgan fingerprint density at radius 2 is 1.83 bits per heavy atom. The highest BCUT2D eigenvalue weighted by molar-refractivity contribution is 7.99. The van der Waals surface area contributed by atoms with Crippen molar-refractivity contribution in [3.8, 4) is 0 Å². The molecule has 2 aromatic rings. The van der Waals surface area contributed by atoms with Gasteiger partial charge in [0.05, 0.1) is 5.75 Å². The highest BCUT2D eigenvalue weighted by Crippen LogP contribution is 2.24. The van der Waals surface area contributed by atoms with E-state index in [-0.39, 0.29) is 24.1 Å². The van der Waals surface area contributed by atoms with Crippen molar-refractivity contribution >= 4 is 46.8 Å². The van der Waals surface area contributed by atoms with E-state index < -0.39 is 6.04 Å². The van der Waals surface area contributed by atoms with E-state index in [1.807, 2.05) is 13.8 Å². The maximum atomic E-state index is 13.0. The number of hydrogen-bond acceptors (Lipinski definition) is 3. The maximum Gasteiger partial charge on any atom is 0.242 e. The highest BCUT2D eigenvalue weighted by atomic mass is 35.5. The van der Waals surface area contributed by atoms with Crippen molar-refractivity contribution in [2.45, 2.75) is 38.6 Å². The van der Waals surface area contributed by atoms with Gasteiger partial charge in [0.1, 0.15) is 6.04 Å². The molecule has 7 heteroatoms. The van der Waals surface area contributed by atoms with Crippen molar-refractivity contribution in [3.05, 3.63) is 69.2 Å². The summed E-state index contributed by atoms with van der Waals surface area (Å²) < 4.78 is 0. The molecule has 0 aliphatic heterocycles. The monoisotopic (exact) mass is 452 g/mol. The van der Waals surface area contributed by atoms with Gasteiger partial charge in [-0.05, 0) is 36.6 Å². The standard InChI is InChI=1S/C22H26Cl2N2O2S/c1-4-20(22(28)25-3)26(12-17-9-10-18(23)11-19(17)24)21(27)14-29-13-16-7-5-15(2)6-8-16/h5-11,20H,4,12-14H2,1-3H3,(H,25,28)/t20-/m0/s1.